The van der Waals surface area contributed by atoms with Crippen LogP contribution in [0.4, 0.5) is 4.39 Å². The van der Waals surface area contributed by atoms with Gasteiger partial charge in [0, 0.05) is 6.42 Å². The topological polar surface area (TPSA) is 9.23 Å². The summed E-state index contributed by atoms with van der Waals surface area (Å²) < 4.78 is 18.1. The molecule has 0 aromatic heterocycles. The first kappa shape index (κ1) is 9.29. The maximum atomic E-state index is 13.2. The molecule has 0 fully saturated rings. The van der Waals surface area contributed by atoms with Gasteiger partial charge in [-0.25, -0.2) is 4.39 Å². The SMILES string of the molecule is COC1=C(F)C(I)CC(C)C1. The number of hydrogen-bond acceptors (Lipinski definition) is 1. The van der Waals surface area contributed by atoms with E-state index < -0.39 is 0 Å². The smallest absolute Gasteiger partial charge is 0.150 e. The van der Waals surface area contributed by atoms with Gasteiger partial charge in [0.1, 0.15) is 5.76 Å². The van der Waals surface area contributed by atoms with Crippen LogP contribution in [0.15, 0.2) is 11.6 Å². The van der Waals surface area contributed by atoms with E-state index in [1.165, 1.54) is 7.11 Å². The monoisotopic (exact) mass is 270 g/mol. The molecule has 0 saturated heterocycles. The molecule has 0 bridgehead atoms. The third-order valence-corrected chi connectivity index (χ3v) is 2.99. The lowest BCUT2D eigenvalue weighted by Gasteiger charge is -2.23. The minimum absolute atomic E-state index is 0.0197. The van der Waals surface area contributed by atoms with Crippen LogP contribution in [0.25, 0.3) is 0 Å². The van der Waals surface area contributed by atoms with Crippen LogP contribution >= 0.6 is 22.6 Å². The zero-order chi connectivity index (χ0) is 8.43. The molecule has 1 nitrogen and oxygen atoms in total. The van der Waals surface area contributed by atoms with Gasteiger partial charge in [-0.05, 0) is 12.3 Å². The fraction of sp³-hybridized carbons (Fsp3) is 0.750. The predicted octanol–water partition coefficient (Wildman–Crippen LogP) is 3.05. The predicted molar refractivity (Wildman–Crippen MR) is 51.3 cm³/mol. The van der Waals surface area contributed by atoms with Gasteiger partial charge < -0.3 is 4.74 Å². The first-order valence-corrected chi connectivity index (χ1v) is 4.96. The standard InChI is InChI=1S/C8H12FIO/c1-5-3-6(10)8(9)7(4-5)11-2/h5-6H,3-4H2,1-2H3. The lowest BCUT2D eigenvalue weighted by molar-refractivity contribution is 0.228. The molecule has 0 N–H and O–H groups in total. The van der Waals surface area contributed by atoms with Crippen LogP contribution in [0.2, 0.25) is 0 Å². The summed E-state index contributed by atoms with van der Waals surface area (Å²) in [4.78, 5) is 0. The minimum Gasteiger partial charge on any atom is -0.498 e. The minimum atomic E-state index is -0.0637. The summed E-state index contributed by atoms with van der Waals surface area (Å²) in [5, 5.41) is 0. The Morgan fingerprint density at radius 2 is 2.27 bits per heavy atom. The van der Waals surface area contributed by atoms with Gasteiger partial charge in [-0.1, -0.05) is 29.5 Å². The van der Waals surface area contributed by atoms with Crippen LogP contribution < -0.4 is 0 Å². The van der Waals surface area contributed by atoms with Crippen molar-refractivity contribution in [1.29, 1.82) is 0 Å². The molecule has 0 amide bonds. The van der Waals surface area contributed by atoms with Crippen LogP contribution in [-0.4, -0.2) is 11.0 Å². The molecule has 0 heterocycles. The summed E-state index contributed by atoms with van der Waals surface area (Å²) in [7, 11) is 1.54. The van der Waals surface area contributed by atoms with E-state index in [2.05, 4.69) is 29.5 Å². The molecular formula is C8H12FIO. The molecule has 0 saturated carbocycles. The van der Waals surface area contributed by atoms with Crippen molar-refractivity contribution in [1.82, 2.24) is 0 Å². The average Bonchev–Trinajstić information content (AvgIpc) is 1.96. The van der Waals surface area contributed by atoms with E-state index in [0.29, 0.717) is 11.7 Å². The van der Waals surface area contributed by atoms with Crippen LogP contribution in [0.5, 0.6) is 0 Å². The number of ether oxygens (including phenoxy) is 1. The Balaban J connectivity index is 2.77. The van der Waals surface area contributed by atoms with E-state index in [4.69, 9.17) is 4.74 Å². The van der Waals surface area contributed by atoms with Gasteiger partial charge in [0.25, 0.3) is 0 Å². The van der Waals surface area contributed by atoms with Crippen molar-refractivity contribution in [3.63, 3.8) is 0 Å². The Labute approximate surface area is 80.1 Å². The van der Waals surface area contributed by atoms with Crippen molar-refractivity contribution in [3.05, 3.63) is 11.6 Å². The first-order valence-electron chi connectivity index (χ1n) is 3.71. The lowest BCUT2D eigenvalue weighted by atomic mass is 9.94. The summed E-state index contributed by atoms with van der Waals surface area (Å²) in [6.45, 7) is 2.12. The number of allylic oxidation sites excluding steroid dienone is 2. The highest BCUT2D eigenvalue weighted by atomic mass is 127. The Bertz CT molecular complexity index is 179. The second-order valence-electron chi connectivity index (χ2n) is 2.99. The molecule has 1 aliphatic rings. The largest absolute Gasteiger partial charge is 0.498 e. The molecule has 11 heavy (non-hydrogen) atoms. The number of methoxy groups -OCH3 is 1. The quantitative estimate of drug-likeness (QED) is 0.525. The maximum absolute atomic E-state index is 13.2. The lowest BCUT2D eigenvalue weighted by Crippen LogP contribution is -2.16. The number of halogens is 2. The molecule has 0 radical (unpaired) electrons. The van der Waals surface area contributed by atoms with E-state index in [9.17, 15) is 4.39 Å². The van der Waals surface area contributed by atoms with E-state index >= 15 is 0 Å². The number of alkyl halides is 1. The molecule has 0 aliphatic heterocycles. The van der Waals surface area contributed by atoms with Crippen molar-refractivity contribution >= 4 is 22.6 Å². The van der Waals surface area contributed by atoms with E-state index in [1.54, 1.807) is 0 Å². The number of hydrogen-bond donors (Lipinski definition) is 0. The van der Waals surface area contributed by atoms with Crippen molar-refractivity contribution in [2.45, 2.75) is 23.7 Å². The van der Waals surface area contributed by atoms with Crippen LogP contribution in [0, 0.1) is 5.92 Å². The van der Waals surface area contributed by atoms with Crippen molar-refractivity contribution in [3.8, 4) is 0 Å². The average molecular weight is 270 g/mol. The first-order chi connectivity index (χ1) is 5.15. The fourth-order valence-corrected chi connectivity index (χ4v) is 2.53. The molecule has 0 aromatic carbocycles. The second-order valence-corrected chi connectivity index (χ2v) is 4.49. The van der Waals surface area contributed by atoms with Crippen molar-refractivity contribution < 1.29 is 9.13 Å². The zero-order valence-corrected chi connectivity index (χ0v) is 8.89. The van der Waals surface area contributed by atoms with Gasteiger partial charge in [0.05, 0.1) is 11.0 Å². The summed E-state index contributed by atoms with van der Waals surface area (Å²) >= 11 is 2.12. The second kappa shape index (κ2) is 3.74. The van der Waals surface area contributed by atoms with Crippen molar-refractivity contribution in [2.75, 3.05) is 7.11 Å². The van der Waals surface area contributed by atoms with Gasteiger partial charge in [-0.15, -0.1) is 0 Å². The number of rotatable bonds is 1. The zero-order valence-electron chi connectivity index (χ0n) is 6.73. The Hall–Kier alpha value is 0.200. The molecule has 3 heteroatoms. The Kier molecular flexibility index (Phi) is 3.16. The third-order valence-electron chi connectivity index (χ3n) is 1.93. The van der Waals surface area contributed by atoms with Gasteiger partial charge in [-0.2, -0.15) is 0 Å². The van der Waals surface area contributed by atoms with Gasteiger partial charge in [0.15, 0.2) is 5.83 Å². The van der Waals surface area contributed by atoms with E-state index in [-0.39, 0.29) is 9.75 Å². The molecule has 2 atom stereocenters. The highest BCUT2D eigenvalue weighted by molar-refractivity contribution is 14.1. The summed E-state index contributed by atoms with van der Waals surface area (Å²) in [6.07, 6.45) is 1.68. The molecule has 0 aromatic rings. The van der Waals surface area contributed by atoms with Gasteiger partial charge in [-0.3, -0.25) is 0 Å². The summed E-state index contributed by atoms with van der Waals surface area (Å²) in [5.41, 5.74) is 0. The highest BCUT2D eigenvalue weighted by Gasteiger charge is 2.25. The molecule has 1 rings (SSSR count). The fourth-order valence-electron chi connectivity index (χ4n) is 1.31. The van der Waals surface area contributed by atoms with Crippen LogP contribution in [0.3, 0.4) is 0 Å². The van der Waals surface area contributed by atoms with Gasteiger partial charge >= 0.3 is 0 Å². The molecule has 0 spiro atoms. The Morgan fingerprint density at radius 3 is 2.82 bits per heavy atom. The van der Waals surface area contributed by atoms with Gasteiger partial charge in [0.2, 0.25) is 0 Å². The molecule has 2 unspecified atom stereocenters. The van der Waals surface area contributed by atoms with E-state index in [1.807, 2.05) is 0 Å². The summed E-state index contributed by atoms with van der Waals surface area (Å²) in [6, 6.07) is 0. The van der Waals surface area contributed by atoms with Crippen molar-refractivity contribution in [2.24, 2.45) is 5.92 Å². The third kappa shape index (κ3) is 2.07. The highest BCUT2D eigenvalue weighted by Crippen LogP contribution is 2.34. The normalized spacial score (nSPS) is 32.4. The Morgan fingerprint density at radius 1 is 1.64 bits per heavy atom. The van der Waals surface area contributed by atoms with E-state index in [0.717, 1.165) is 12.8 Å². The van der Waals surface area contributed by atoms with Crippen LogP contribution in [0.1, 0.15) is 19.8 Å². The molecular weight excluding hydrogens is 258 g/mol. The summed E-state index contributed by atoms with van der Waals surface area (Å²) in [5.74, 6) is 1.03. The maximum Gasteiger partial charge on any atom is 0.150 e. The molecule has 64 valence electrons. The van der Waals surface area contributed by atoms with Crippen LogP contribution in [-0.2, 0) is 4.74 Å². The molecule has 1 aliphatic carbocycles.